The van der Waals surface area contributed by atoms with Gasteiger partial charge in [0.15, 0.2) is 0 Å². The largest absolute Gasteiger partial charge is 0.396 e. The summed E-state index contributed by atoms with van der Waals surface area (Å²) in [6.07, 6.45) is 2.84. The minimum absolute atomic E-state index is 0.199. The van der Waals surface area contributed by atoms with Crippen LogP contribution >= 0.6 is 15.9 Å². The molecule has 2 nitrogen and oxygen atoms in total. The molecule has 0 aliphatic heterocycles. The molecule has 0 radical (unpaired) electrons. The molecule has 0 aliphatic rings. The lowest BCUT2D eigenvalue weighted by Crippen LogP contribution is -1.91. The first-order chi connectivity index (χ1) is 7.27. The van der Waals surface area contributed by atoms with Crippen LogP contribution in [-0.2, 0) is 13.0 Å². The highest BCUT2D eigenvalue weighted by atomic mass is 79.9. The Balaban J connectivity index is 2.70. The van der Waals surface area contributed by atoms with Crippen molar-refractivity contribution in [3.63, 3.8) is 0 Å². The van der Waals surface area contributed by atoms with Gasteiger partial charge >= 0.3 is 0 Å². The highest BCUT2D eigenvalue weighted by molar-refractivity contribution is 9.10. The topological polar surface area (TPSA) is 25.2 Å². The first-order valence-corrected chi connectivity index (χ1v) is 5.94. The van der Waals surface area contributed by atoms with E-state index in [1.807, 2.05) is 12.1 Å². The quantitative estimate of drug-likeness (QED) is 0.909. The number of halogens is 1. The Morgan fingerprint density at radius 1 is 1.40 bits per heavy atom. The van der Waals surface area contributed by atoms with Crippen molar-refractivity contribution in [2.75, 3.05) is 6.61 Å². The Morgan fingerprint density at radius 2 is 2.20 bits per heavy atom. The first-order valence-electron chi connectivity index (χ1n) is 5.15. The average molecular weight is 268 g/mol. The van der Waals surface area contributed by atoms with E-state index < -0.39 is 0 Å². The molecule has 1 aromatic heterocycles. The molecule has 1 N–H and O–H groups in total. The van der Waals surface area contributed by atoms with Gasteiger partial charge in [0.25, 0.3) is 0 Å². The number of aliphatic hydroxyl groups excluding tert-OH is 1. The number of nitrogens with zero attached hydrogens (tertiary/aromatic N) is 1. The average Bonchev–Trinajstić information content (AvgIpc) is 2.59. The molecule has 3 heteroatoms. The van der Waals surface area contributed by atoms with Crippen LogP contribution in [0, 0.1) is 0 Å². The molecule has 0 bridgehead atoms. The monoisotopic (exact) mass is 267 g/mol. The molecule has 0 amide bonds. The van der Waals surface area contributed by atoms with E-state index in [-0.39, 0.29) is 6.61 Å². The van der Waals surface area contributed by atoms with E-state index in [2.05, 4.69) is 39.7 Å². The molecular formula is C12H14BrNO. The van der Waals surface area contributed by atoms with Crippen LogP contribution in [0.2, 0.25) is 0 Å². The van der Waals surface area contributed by atoms with Crippen LogP contribution in [0.15, 0.2) is 28.9 Å². The number of aromatic nitrogens is 1. The van der Waals surface area contributed by atoms with Crippen molar-refractivity contribution < 1.29 is 5.11 Å². The Bertz CT molecular complexity index is 476. The van der Waals surface area contributed by atoms with E-state index in [1.165, 1.54) is 16.5 Å². The molecular weight excluding hydrogens is 254 g/mol. The third-order valence-electron chi connectivity index (χ3n) is 2.66. The number of benzene rings is 1. The van der Waals surface area contributed by atoms with Gasteiger partial charge < -0.3 is 9.67 Å². The maximum atomic E-state index is 9.03. The first kappa shape index (κ1) is 10.7. The number of hydrogen-bond acceptors (Lipinski definition) is 1. The summed E-state index contributed by atoms with van der Waals surface area (Å²) in [5.74, 6) is 0. The van der Waals surface area contributed by atoms with Crippen LogP contribution in [0.25, 0.3) is 10.9 Å². The lowest BCUT2D eigenvalue weighted by Gasteiger charge is -2.00. The molecule has 2 aromatic rings. The van der Waals surface area contributed by atoms with Crippen molar-refractivity contribution in [3.05, 3.63) is 34.4 Å². The molecule has 0 atom stereocenters. The van der Waals surface area contributed by atoms with Crippen molar-refractivity contribution in [3.8, 4) is 0 Å². The van der Waals surface area contributed by atoms with Gasteiger partial charge in [0.05, 0.1) is 0 Å². The summed E-state index contributed by atoms with van der Waals surface area (Å²) in [4.78, 5) is 0. The molecule has 0 fully saturated rings. The van der Waals surface area contributed by atoms with Gasteiger partial charge in [0.1, 0.15) is 0 Å². The number of hydrogen-bond donors (Lipinski definition) is 1. The molecule has 1 aromatic carbocycles. The van der Waals surface area contributed by atoms with Crippen LogP contribution in [0.3, 0.4) is 0 Å². The summed E-state index contributed by atoms with van der Waals surface area (Å²) in [5, 5.41) is 10.3. The van der Waals surface area contributed by atoms with E-state index in [0.29, 0.717) is 6.42 Å². The van der Waals surface area contributed by atoms with Crippen molar-refractivity contribution in [1.29, 1.82) is 0 Å². The predicted molar refractivity (Wildman–Crippen MR) is 66.1 cm³/mol. The van der Waals surface area contributed by atoms with Crippen LogP contribution < -0.4 is 0 Å². The second-order valence-corrected chi connectivity index (χ2v) is 4.40. The number of rotatable bonds is 3. The van der Waals surface area contributed by atoms with Gasteiger partial charge in [-0.15, -0.1) is 0 Å². The summed E-state index contributed by atoms with van der Waals surface area (Å²) >= 11 is 3.57. The van der Waals surface area contributed by atoms with Crippen molar-refractivity contribution >= 4 is 26.8 Å². The highest BCUT2D eigenvalue weighted by Gasteiger charge is 2.09. The standard InChI is InChI=1S/C12H14BrNO/c1-2-14-8-9(6-7-15)12-10(13)4-3-5-11(12)14/h3-5,8,15H,2,6-7H2,1H3. The molecule has 2 rings (SSSR count). The summed E-state index contributed by atoms with van der Waals surface area (Å²) in [7, 11) is 0. The Morgan fingerprint density at radius 3 is 2.87 bits per heavy atom. The summed E-state index contributed by atoms with van der Waals surface area (Å²) in [6, 6.07) is 6.20. The molecule has 0 saturated heterocycles. The molecule has 15 heavy (non-hydrogen) atoms. The van der Waals surface area contributed by atoms with Crippen LogP contribution in [0.1, 0.15) is 12.5 Å². The fraction of sp³-hybridized carbons (Fsp3) is 0.333. The molecule has 0 unspecified atom stereocenters. The molecule has 0 saturated carbocycles. The highest BCUT2D eigenvalue weighted by Crippen LogP contribution is 2.29. The van der Waals surface area contributed by atoms with E-state index in [9.17, 15) is 0 Å². The van der Waals surface area contributed by atoms with E-state index in [1.54, 1.807) is 0 Å². The fourth-order valence-electron chi connectivity index (χ4n) is 1.96. The molecule has 0 aliphatic carbocycles. The van der Waals surface area contributed by atoms with E-state index in [4.69, 9.17) is 5.11 Å². The third-order valence-corrected chi connectivity index (χ3v) is 3.32. The summed E-state index contributed by atoms with van der Waals surface area (Å²) in [6.45, 7) is 3.28. The normalized spacial score (nSPS) is 11.1. The van der Waals surface area contributed by atoms with Gasteiger partial charge in [-0.1, -0.05) is 22.0 Å². The maximum absolute atomic E-state index is 9.03. The van der Waals surface area contributed by atoms with Crippen molar-refractivity contribution in [2.45, 2.75) is 19.9 Å². The third kappa shape index (κ3) is 1.82. The van der Waals surface area contributed by atoms with E-state index in [0.717, 1.165) is 11.0 Å². The van der Waals surface area contributed by atoms with Gasteiger partial charge in [0.2, 0.25) is 0 Å². The maximum Gasteiger partial charge on any atom is 0.0494 e. The number of fused-ring (bicyclic) bond motifs is 1. The van der Waals surface area contributed by atoms with Crippen LogP contribution in [0.5, 0.6) is 0 Å². The minimum Gasteiger partial charge on any atom is -0.396 e. The van der Waals surface area contributed by atoms with Gasteiger partial charge in [0, 0.05) is 34.7 Å². The second kappa shape index (κ2) is 4.37. The van der Waals surface area contributed by atoms with E-state index >= 15 is 0 Å². The lowest BCUT2D eigenvalue weighted by atomic mass is 10.1. The fourth-order valence-corrected chi connectivity index (χ4v) is 2.57. The summed E-state index contributed by atoms with van der Waals surface area (Å²) in [5.41, 5.74) is 2.44. The smallest absolute Gasteiger partial charge is 0.0494 e. The van der Waals surface area contributed by atoms with Crippen LogP contribution in [-0.4, -0.2) is 16.3 Å². The Kier molecular flexibility index (Phi) is 3.12. The van der Waals surface area contributed by atoms with Crippen molar-refractivity contribution in [1.82, 2.24) is 4.57 Å². The molecule has 80 valence electrons. The number of aryl methyl sites for hydroxylation is 1. The zero-order valence-corrected chi connectivity index (χ0v) is 10.3. The zero-order chi connectivity index (χ0) is 10.8. The van der Waals surface area contributed by atoms with Crippen molar-refractivity contribution in [2.24, 2.45) is 0 Å². The van der Waals surface area contributed by atoms with Gasteiger partial charge in [-0.2, -0.15) is 0 Å². The molecule has 1 heterocycles. The zero-order valence-electron chi connectivity index (χ0n) is 8.70. The van der Waals surface area contributed by atoms with Gasteiger partial charge in [-0.25, -0.2) is 0 Å². The second-order valence-electron chi connectivity index (χ2n) is 3.55. The van der Waals surface area contributed by atoms with Crippen LogP contribution in [0.4, 0.5) is 0 Å². The Labute approximate surface area is 97.7 Å². The summed E-state index contributed by atoms with van der Waals surface area (Å²) < 4.78 is 3.32. The van der Waals surface area contributed by atoms with Gasteiger partial charge in [-0.05, 0) is 31.0 Å². The van der Waals surface area contributed by atoms with Gasteiger partial charge in [-0.3, -0.25) is 0 Å². The minimum atomic E-state index is 0.199. The molecule has 0 spiro atoms. The number of aliphatic hydroxyl groups is 1. The Hall–Kier alpha value is -0.800. The SMILES string of the molecule is CCn1cc(CCO)c2c(Br)cccc21. The predicted octanol–water partition coefficient (Wildman–Crippen LogP) is 2.96. The lowest BCUT2D eigenvalue weighted by molar-refractivity contribution is 0.300.